The van der Waals surface area contributed by atoms with E-state index in [1.54, 1.807) is 0 Å². The Kier molecular flexibility index (Phi) is 15.2. The van der Waals surface area contributed by atoms with Crippen molar-refractivity contribution < 1.29 is 28.8 Å². The minimum absolute atomic E-state index is 0.306. The van der Waals surface area contributed by atoms with Gasteiger partial charge in [-0.2, -0.15) is 0 Å². The molecule has 0 aromatic heterocycles. The second-order valence-electron chi connectivity index (χ2n) is 7.56. The molecule has 3 unspecified atom stereocenters. The molecule has 1 rings (SSSR count). The summed E-state index contributed by atoms with van der Waals surface area (Å²) >= 11 is 0. The molecule has 28 heavy (non-hydrogen) atoms. The van der Waals surface area contributed by atoms with E-state index >= 15 is 0 Å². The summed E-state index contributed by atoms with van der Waals surface area (Å²) in [6, 6.07) is 0. The van der Waals surface area contributed by atoms with Gasteiger partial charge < -0.3 is 28.8 Å². The van der Waals surface area contributed by atoms with Gasteiger partial charge in [0.2, 0.25) is 0 Å². The molecule has 1 N–H and O–H groups in total. The number of ether oxygens (including phenoxy) is 5. The minimum atomic E-state index is -1.03. The van der Waals surface area contributed by atoms with E-state index in [2.05, 4.69) is 27.7 Å². The molecule has 0 spiro atoms. The van der Waals surface area contributed by atoms with Crippen molar-refractivity contribution in [3.05, 3.63) is 0 Å². The van der Waals surface area contributed by atoms with Crippen molar-refractivity contribution in [2.45, 2.75) is 110 Å². The molecule has 1 aliphatic heterocycles. The largest absolute Gasteiger partial charge is 0.379 e. The molecule has 0 saturated carbocycles. The van der Waals surface area contributed by atoms with E-state index in [1.807, 2.05) is 0 Å². The lowest BCUT2D eigenvalue weighted by Crippen LogP contribution is -2.61. The van der Waals surface area contributed by atoms with E-state index in [-0.39, 0.29) is 18.3 Å². The third-order valence-corrected chi connectivity index (χ3v) is 4.96. The number of unbranched alkanes of at least 4 members (excludes halogenated alkanes) is 4. The maximum Gasteiger partial charge on any atom is 0.184 e. The Hall–Kier alpha value is -0.240. The molecule has 0 aliphatic carbocycles. The van der Waals surface area contributed by atoms with Crippen LogP contribution in [0.2, 0.25) is 0 Å². The van der Waals surface area contributed by atoms with Crippen LogP contribution in [0.5, 0.6) is 0 Å². The number of hydrogen-bond donors (Lipinski definition) is 1. The molecule has 0 bridgehead atoms. The van der Waals surface area contributed by atoms with E-state index in [9.17, 15) is 5.11 Å². The van der Waals surface area contributed by atoms with Crippen molar-refractivity contribution in [3.8, 4) is 0 Å². The van der Waals surface area contributed by atoms with Crippen molar-refractivity contribution in [1.29, 1.82) is 0 Å². The molecule has 0 aromatic carbocycles. The fourth-order valence-corrected chi connectivity index (χ4v) is 3.13. The molecule has 0 aromatic rings. The third-order valence-electron chi connectivity index (χ3n) is 4.96. The maximum absolute atomic E-state index is 10.6. The molecule has 1 aliphatic rings. The average molecular weight is 405 g/mol. The molecule has 6 heteroatoms. The normalized spacial score (nSPS) is 28.0. The standard InChI is InChI=1S/C22H44O6/c1-5-9-13-24-17-18-19(25-14-10-6-2)20(26-15-11-7-3)21(22(23)28-18)27-16-12-8-4/h18-23H,5-17H2,1-4H3/t18?,19-,20?,21?,22+/m1/s1. The molecule has 6 nitrogen and oxygen atoms in total. The molecule has 168 valence electrons. The molecule has 5 atom stereocenters. The predicted molar refractivity (Wildman–Crippen MR) is 111 cm³/mol. The van der Waals surface area contributed by atoms with Gasteiger partial charge in [-0.1, -0.05) is 53.4 Å². The number of aliphatic hydroxyl groups excluding tert-OH is 1. The number of aliphatic hydroxyl groups is 1. The van der Waals surface area contributed by atoms with Crippen LogP contribution in [-0.2, 0) is 23.7 Å². The van der Waals surface area contributed by atoms with Crippen molar-refractivity contribution in [2.24, 2.45) is 0 Å². The van der Waals surface area contributed by atoms with Gasteiger partial charge in [-0.05, 0) is 25.7 Å². The smallest absolute Gasteiger partial charge is 0.184 e. The van der Waals surface area contributed by atoms with Gasteiger partial charge in [0.15, 0.2) is 6.29 Å². The van der Waals surface area contributed by atoms with Crippen LogP contribution >= 0.6 is 0 Å². The van der Waals surface area contributed by atoms with Gasteiger partial charge >= 0.3 is 0 Å². The number of hydrogen-bond acceptors (Lipinski definition) is 6. The van der Waals surface area contributed by atoms with Gasteiger partial charge in [-0.15, -0.1) is 0 Å². The molecule has 1 fully saturated rings. The highest BCUT2D eigenvalue weighted by Gasteiger charge is 2.47. The molecule has 1 saturated heterocycles. The van der Waals surface area contributed by atoms with Gasteiger partial charge in [0.05, 0.1) is 6.61 Å². The highest BCUT2D eigenvalue weighted by Crippen LogP contribution is 2.28. The van der Waals surface area contributed by atoms with Crippen molar-refractivity contribution >= 4 is 0 Å². The average Bonchev–Trinajstić information content (AvgIpc) is 2.69. The maximum atomic E-state index is 10.6. The fourth-order valence-electron chi connectivity index (χ4n) is 3.13. The lowest BCUT2D eigenvalue weighted by molar-refractivity contribution is -0.312. The van der Waals surface area contributed by atoms with E-state index in [0.29, 0.717) is 33.0 Å². The second-order valence-corrected chi connectivity index (χ2v) is 7.56. The van der Waals surface area contributed by atoms with Gasteiger partial charge in [0, 0.05) is 26.4 Å². The van der Waals surface area contributed by atoms with Crippen molar-refractivity contribution in [3.63, 3.8) is 0 Å². The summed E-state index contributed by atoms with van der Waals surface area (Å²) in [7, 11) is 0. The Morgan fingerprint density at radius 2 is 1.11 bits per heavy atom. The van der Waals surface area contributed by atoms with Crippen molar-refractivity contribution in [2.75, 3.05) is 33.0 Å². The van der Waals surface area contributed by atoms with Gasteiger partial charge in [-0.3, -0.25) is 0 Å². The first kappa shape index (κ1) is 25.8. The summed E-state index contributed by atoms with van der Waals surface area (Å²) in [5.74, 6) is 0. The van der Waals surface area contributed by atoms with Crippen LogP contribution in [0.3, 0.4) is 0 Å². The predicted octanol–water partition coefficient (Wildman–Crippen LogP) is 4.08. The van der Waals surface area contributed by atoms with E-state index in [4.69, 9.17) is 23.7 Å². The Bertz CT molecular complexity index is 354. The zero-order chi connectivity index (χ0) is 20.6. The molecular formula is C22H44O6. The van der Waals surface area contributed by atoms with E-state index < -0.39 is 12.4 Å². The van der Waals surface area contributed by atoms with Crippen LogP contribution in [0.25, 0.3) is 0 Å². The molecular weight excluding hydrogens is 360 g/mol. The van der Waals surface area contributed by atoms with Gasteiger partial charge in [0.1, 0.15) is 24.4 Å². The summed E-state index contributed by atoms with van der Waals surface area (Å²) in [6.45, 7) is 11.5. The summed E-state index contributed by atoms with van der Waals surface area (Å²) in [6.07, 6.45) is 5.53. The summed E-state index contributed by atoms with van der Waals surface area (Å²) in [5, 5.41) is 10.6. The molecule has 0 amide bonds. The Labute approximate surface area is 172 Å². The monoisotopic (exact) mass is 404 g/mol. The van der Waals surface area contributed by atoms with Crippen LogP contribution < -0.4 is 0 Å². The lowest BCUT2D eigenvalue weighted by atomic mass is 9.98. The Morgan fingerprint density at radius 1 is 0.643 bits per heavy atom. The van der Waals surface area contributed by atoms with Crippen LogP contribution in [0, 0.1) is 0 Å². The van der Waals surface area contributed by atoms with Crippen LogP contribution in [0.4, 0.5) is 0 Å². The zero-order valence-electron chi connectivity index (χ0n) is 18.6. The second kappa shape index (κ2) is 16.5. The van der Waals surface area contributed by atoms with Gasteiger partial charge in [-0.25, -0.2) is 0 Å². The first-order chi connectivity index (χ1) is 13.7. The highest BCUT2D eigenvalue weighted by molar-refractivity contribution is 4.92. The summed E-state index contributed by atoms with van der Waals surface area (Å²) in [5.41, 5.74) is 0. The first-order valence-electron chi connectivity index (χ1n) is 11.5. The van der Waals surface area contributed by atoms with E-state index in [1.165, 1.54) is 0 Å². The van der Waals surface area contributed by atoms with Crippen LogP contribution in [0.1, 0.15) is 79.1 Å². The first-order valence-corrected chi connectivity index (χ1v) is 11.5. The zero-order valence-corrected chi connectivity index (χ0v) is 18.6. The Morgan fingerprint density at radius 3 is 1.64 bits per heavy atom. The number of rotatable bonds is 17. The summed E-state index contributed by atoms with van der Waals surface area (Å²) < 4.78 is 30.1. The minimum Gasteiger partial charge on any atom is -0.379 e. The highest BCUT2D eigenvalue weighted by atomic mass is 16.7. The quantitative estimate of drug-likeness (QED) is 0.369. The fraction of sp³-hybridized carbons (Fsp3) is 1.00. The summed E-state index contributed by atoms with van der Waals surface area (Å²) in [4.78, 5) is 0. The van der Waals surface area contributed by atoms with Crippen LogP contribution in [-0.4, -0.2) is 68.8 Å². The Balaban J connectivity index is 2.84. The van der Waals surface area contributed by atoms with Crippen molar-refractivity contribution in [1.82, 2.24) is 0 Å². The van der Waals surface area contributed by atoms with Gasteiger partial charge in [0.25, 0.3) is 0 Å². The lowest BCUT2D eigenvalue weighted by Gasteiger charge is -2.44. The van der Waals surface area contributed by atoms with E-state index in [0.717, 1.165) is 51.4 Å². The third kappa shape index (κ3) is 9.51. The SMILES string of the molecule is CCCCOCC1O[C@H](O)C(OCCCC)C(OCCCC)[C@@H]1OCCCC. The molecule has 0 radical (unpaired) electrons. The topological polar surface area (TPSA) is 66.4 Å². The molecule has 1 heterocycles. The van der Waals surface area contributed by atoms with Crippen LogP contribution in [0.15, 0.2) is 0 Å².